The summed E-state index contributed by atoms with van der Waals surface area (Å²) in [7, 11) is 1.44. The van der Waals surface area contributed by atoms with E-state index in [-0.39, 0.29) is 11.9 Å². The lowest BCUT2D eigenvalue weighted by Crippen LogP contribution is -2.11. The number of rotatable bonds is 3. The van der Waals surface area contributed by atoms with Gasteiger partial charge in [0.25, 0.3) is 5.91 Å². The molecule has 0 fully saturated rings. The number of halogens is 1. The average molecular weight is 467 g/mol. The summed E-state index contributed by atoms with van der Waals surface area (Å²) < 4.78 is 7.28. The van der Waals surface area contributed by atoms with Crippen LogP contribution in [0.4, 0.5) is 5.69 Å². The van der Waals surface area contributed by atoms with Crippen molar-refractivity contribution in [1.82, 2.24) is 4.57 Å². The average Bonchev–Trinajstić information content (AvgIpc) is 3.38. The Balaban J connectivity index is 1.65. The van der Waals surface area contributed by atoms with Gasteiger partial charge < -0.3 is 14.6 Å². The Hall–Kier alpha value is -2.83. The SMILES string of the molecule is COC(=O)c1c(-n2c(C)cc(/C=C3/C(=O)Nc4cc(Cl)ccc43)c2C)sc2c1CCCC2. The Morgan fingerprint density at radius 2 is 2.00 bits per heavy atom. The van der Waals surface area contributed by atoms with E-state index in [1.807, 2.05) is 26.0 Å². The molecule has 0 unspecified atom stereocenters. The molecule has 164 valence electrons. The van der Waals surface area contributed by atoms with Crippen LogP contribution in [0.25, 0.3) is 16.7 Å². The van der Waals surface area contributed by atoms with Gasteiger partial charge >= 0.3 is 5.97 Å². The number of anilines is 1. The molecule has 0 bridgehead atoms. The summed E-state index contributed by atoms with van der Waals surface area (Å²) in [5.41, 5.74) is 6.92. The van der Waals surface area contributed by atoms with Gasteiger partial charge in [-0.05, 0) is 74.9 Å². The van der Waals surface area contributed by atoms with Gasteiger partial charge in [0, 0.05) is 32.4 Å². The number of hydrogen-bond acceptors (Lipinski definition) is 4. The molecule has 3 heterocycles. The minimum atomic E-state index is -0.284. The molecule has 2 aliphatic rings. The summed E-state index contributed by atoms with van der Waals surface area (Å²) in [6, 6.07) is 7.47. The minimum absolute atomic E-state index is 0.145. The van der Waals surface area contributed by atoms with Crippen molar-refractivity contribution in [3.8, 4) is 5.00 Å². The summed E-state index contributed by atoms with van der Waals surface area (Å²) >= 11 is 7.76. The number of aromatic nitrogens is 1. The van der Waals surface area contributed by atoms with E-state index >= 15 is 0 Å². The number of nitrogens with zero attached hydrogens (tertiary/aromatic N) is 1. The highest BCUT2D eigenvalue weighted by molar-refractivity contribution is 7.15. The van der Waals surface area contributed by atoms with Crippen molar-refractivity contribution < 1.29 is 14.3 Å². The number of esters is 1. The van der Waals surface area contributed by atoms with E-state index in [9.17, 15) is 9.59 Å². The van der Waals surface area contributed by atoms with E-state index in [0.29, 0.717) is 16.2 Å². The van der Waals surface area contributed by atoms with Crippen LogP contribution >= 0.6 is 22.9 Å². The molecule has 5 rings (SSSR count). The molecule has 0 atom stereocenters. The minimum Gasteiger partial charge on any atom is -0.465 e. The molecule has 1 aliphatic heterocycles. The standard InChI is InChI=1S/C25H23ClN2O3S/c1-13-10-15(11-19-17-9-8-16(26)12-20(17)27-23(19)29)14(2)28(13)24-22(25(30)31-3)18-6-4-5-7-21(18)32-24/h8-12H,4-7H2,1-3H3,(H,27,29)/b19-11+. The topological polar surface area (TPSA) is 60.3 Å². The predicted octanol–water partition coefficient (Wildman–Crippen LogP) is 5.97. The van der Waals surface area contributed by atoms with Crippen molar-refractivity contribution in [3.05, 3.63) is 67.8 Å². The molecule has 3 aromatic rings. The highest BCUT2D eigenvalue weighted by Gasteiger charge is 2.29. The summed E-state index contributed by atoms with van der Waals surface area (Å²) in [5, 5.41) is 4.38. The zero-order valence-corrected chi connectivity index (χ0v) is 19.7. The van der Waals surface area contributed by atoms with E-state index < -0.39 is 0 Å². The van der Waals surface area contributed by atoms with Gasteiger partial charge in [0.05, 0.1) is 18.4 Å². The molecule has 1 N–H and O–H groups in total. The van der Waals surface area contributed by atoms with E-state index in [2.05, 4.69) is 16.0 Å². The molecule has 5 nitrogen and oxygen atoms in total. The molecule has 7 heteroatoms. The third kappa shape index (κ3) is 3.29. The van der Waals surface area contributed by atoms with Gasteiger partial charge in [-0.3, -0.25) is 4.79 Å². The van der Waals surface area contributed by atoms with E-state index in [1.54, 1.807) is 23.5 Å². The quantitative estimate of drug-likeness (QED) is 0.382. The van der Waals surface area contributed by atoms with Crippen LogP contribution in [0, 0.1) is 13.8 Å². The second kappa shape index (κ2) is 7.94. The number of benzene rings is 1. The second-order valence-electron chi connectivity index (χ2n) is 8.25. The van der Waals surface area contributed by atoms with Crippen molar-refractivity contribution in [2.24, 2.45) is 0 Å². The van der Waals surface area contributed by atoms with Crippen LogP contribution in [-0.4, -0.2) is 23.6 Å². The fourth-order valence-corrected chi connectivity index (χ4v) is 6.39. The number of hydrogen-bond donors (Lipinski definition) is 1. The summed E-state index contributed by atoms with van der Waals surface area (Å²) in [6.45, 7) is 4.05. The number of ether oxygens (including phenoxy) is 1. The number of aryl methyl sites for hydroxylation is 2. The highest BCUT2D eigenvalue weighted by atomic mass is 35.5. The smallest absolute Gasteiger partial charge is 0.341 e. The summed E-state index contributed by atoms with van der Waals surface area (Å²) in [5.74, 6) is -0.429. The van der Waals surface area contributed by atoms with Crippen LogP contribution in [0.15, 0.2) is 24.3 Å². The number of amides is 1. The fraction of sp³-hybridized carbons (Fsp3) is 0.280. The molecule has 1 aliphatic carbocycles. The van der Waals surface area contributed by atoms with Crippen molar-refractivity contribution in [1.29, 1.82) is 0 Å². The van der Waals surface area contributed by atoms with Gasteiger partial charge in [-0.25, -0.2) is 4.79 Å². The largest absolute Gasteiger partial charge is 0.465 e. The van der Waals surface area contributed by atoms with E-state index in [4.69, 9.17) is 16.3 Å². The number of carbonyl (C=O) groups excluding carboxylic acids is 2. The molecular weight excluding hydrogens is 444 g/mol. The van der Waals surface area contributed by atoms with Crippen LogP contribution in [-0.2, 0) is 22.4 Å². The number of nitrogens with one attached hydrogen (secondary N) is 1. The van der Waals surface area contributed by atoms with Gasteiger partial charge in [0.2, 0.25) is 0 Å². The lowest BCUT2D eigenvalue weighted by molar-refractivity contribution is -0.110. The molecule has 0 saturated carbocycles. The maximum atomic E-state index is 12.8. The van der Waals surface area contributed by atoms with Gasteiger partial charge in [-0.1, -0.05) is 17.7 Å². The Morgan fingerprint density at radius 1 is 1.22 bits per heavy atom. The van der Waals surface area contributed by atoms with Gasteiger partial charge in [0.15, 0.2) is 0 Å². The van der Waals surface area contributed by atoms with E-state index in [1.165, 1.54) is 12.0 Å². The van der Waals surface area contributed by atoms with Gasteiger partial charge in [-0.15, -0.1) is 11.3 Å². The first-order chi connectivity index (χ1) is 15.4. The van der Waals surface area contributed by atoms with Crippen LogP contribution in [0.3, 0.4) is 0 Å². The van der Waals surface area contributed by atoms with Gasteiger partial charge in [0.1, 0.15) is 5.00 Å². The third-order valence-corrected chi connectivity index (χ3v) is 7.79. The normalized spacial score (nSPS) is 16.1. The number of fused-ring (bicyclic) bond motifs is 2. The predicted molar refractivity (Wildman–Crippen MR) is 129 cm³/mol. The summed E-state index contributed by atoms with van der Waals surface area (Å²) in [6.07, 6.45) is 6.06. The monoisotopic (exact) mass is 466 g/mol. The Labute approximate surface area is 195 Å². The third-order valence-electron chi connectivity index (χ3n) is 6.28. The first-order valence-corrected chi connectivity index (χ1v) is 11.8. The van der Waals surface area contributed by atoms with Crippen molar-refractivity contribution in [2.45, 2.75) is 39.5 Å². The Kier molecular flexibility index (Phi) is 5.22. The second-order valence-corrected chi connectivity index (χ2v) is 9.77. The maximum absolute atomic E-state index is 12.8. The molecule has 0 spiro atoms. The molecule has 32 heavy (non-hydrogen) atoms. The van der Waals surface area contributed by atoms with Crippen molar-refractivity contribution >= 4 is 52.2 Å². The van der Waals surface area contributed by atoms with Gasteiger partial charge in [-0.2, -0.15) is 0 Å². The zero-order chi connectivity index (χ0) is 22.6. The summed E-state index contributed by atoms with van der Waals surface area (Å²) in [4.78, 5) is 26.7. The molecule has 0 saturated heterocycles. The molecular formula is C25H23ClN2O3S. The number of thiophene rings is 1. The fourth-order valence-electron chi connectivity index (χ4n) is 4.73. The molecule has 2 aromatic heterocycles. The highest BCUT2D eigenvalue weighted by Crippen LogP contribution is 2.40. The zero-order valence-electron chi connectivity index (χ0n) is 18.2. The lowest BCUT2D eigenvalue weighted by atomic mass is 9.95. The Morgan fingerprint density at radius 3 is 2.78 bits per heavy atom. The first kappa shape index (κ1) is 21.0. The number of methoxy groups -OCH3 is 1. The molecule has 1 amide bonds. The van der Waals surface area contributed by atoms with Crippen LogP contribution in [0.2, 0.25) is 5.02 Å². The van der Waals surface area contributed by atoms with E-state index in [0.717, 1.165) is 64.4 Å². The number of carbonyl (C=O) groups is 2. The van der Waals surface area contributed by atoms with Crippen LogP contribution in [0.1, 0.15) is 56.2 Å². The first-order valence-electron chi connectivity index (χ1n) is 10.6. The van der Waals surface area contributed by atoms with Crippen LogP contribution in [0.5, 0.6) is 0 Å². The molecule has 0 radical (unpaired) electrons. The molecule has 1 aromatic carbocycles. The maximum Gasteiger partial charge on any atom is 0.341 e. The lowest BCUT2D eigenvalue weighted by Gasteiger charge is -2.12. The van der Waals surface area contributed by atoms with Crippen molar-refractivity contribution in [2.75, 3.05) is 12.4 Å². The van der Waals surface area contributed by atoms with Crippen LogP contribution < -0.4 is 5.32 Å². The Bertz CT molecular complexity index is 1320. The van der Waals surface area contributed by atoms with Crippen molar-refractivity contribution in [3.63, 3.8) is 0 Å².